The molecule has 0 spiro atoms. The molecular weight excluding hydrogens is 873 g/mol. The second-order valence-corrected chi connectivity index (χ2v) is 19.4. The number of benzene rings is 4. The molecule has 344 valence electrons. The van der Waals surface area contributed by atoms with Gasteiger partial charge in [0.15, 0.2) is 0 Å². The lowest BCUT2D eigenvalue weighted by Gasteiger charge is -2.48. The third-order valence-electron chi connectivity index (χ3n) is 12.9. The minimum Gasteiger partial charge on any atom is -0.336 e. The third-order valence-corrected chi connectivity index (χ3v) is 15.0. The van der Waals surface area contributed by atoms with Crippen molar-refractivity contribution in [3.8, 4) is 11.8 Å². The number of aryl methyl sites for hydroxylation is 2. The summed E-state index contributed by atoms with van der Waals surface area (Å²) in [4.78, 5) is 67.4. The Morgan fingerprint density at radius 3 is 1.36 bits per heavy atom. The van der Waals surface area contributed by atoms with Crippen molar-refractivity contribution in [2.45, 2.75) is 32.4 Å². The zero-order valence-corrected chi connectivity index (χ0v) is 38.7. The predicted octanol–water partition coefficient (Wildman–Crippen LogP) is 7.88. The maximum atomic E-state index is 12.9. The van der Waals surface area contributed by atoms with Gasteiger partial charge in [-0.2, -0.15) is 0 Å². The maximum absolute atomic E-state index is 12.9. The maximum Gasteiger partial charge on any atom is 0.264 e. The molecule has 10 nitrogen and oxygen atoms in total. The Morgan fingerprint density at radius 1 is 0.433 bits per heavy atom. The van der Waals surface area contributed by atoms with Crippen LogP contribution in [0, 0.1) is 11.8 Å². The summed E-state index contributed by atoms with van der Waals surface area (Å²) in [5, 5.41) is 0. The Hall–Kier alpha value is -6.36. The van der Waals surface area contributed by atoms with E-state index < -0.39 is 0 Å². The molecule has 6 heterocycles. The molecule has 4 fully saturated rings. The molecule has 4 amide bonds. The van der Waals surface area contributed by atoms with Gasteiger partial charge >= 0.3 is 0 Å². The van der Waals surface area contributed by atoms with Crippen LogP contribution in [0.25, 0.3) is 0 Å². The second kappa shape index (κ2) is 22.4. The first-order chi connectivity index (χ1) is 32.3. The lowest BCUT2D eigenvalue weighted by atomic mass is 10.1. The van der Waals surface area contributed by atoms with Crippen molar-refractivity contribution < 1.29 is 19.2 Å². The molecule has 0 unspecified atom stereocenters. The van der Waals surface area contributed by atoms with Crippen LogP contribution in [-0.4, -0.2) is 144 Å². The molecular formula is C55H58N6O4S2. The van der Waals surface area contributed by atoms with E-state index in [1.807, 2.05) is 135 Å². The molecule has 0 atom stereocenters. The smallest absolute Gasteiger partial charge is 0.264 e. The van der Waals surface area contributed by atoms with Crippen LogP contribution in [0.3, 0.4) is 0 Å². The van der Waals surface area contributed by atoms with E-state index in [1.165, 1.54) is 21.8 Å². The number of hydrogen-bond donors (Lipinski definition) is 0. The van der Waals surface area contributed by atoms with Gasteiger partial charge in [-0.15, -0.1) is 22.7 Å². The second-order valence-electron chi connectivity index (χ2n) is 17.1. The van der Waals surface area contributed by atoms with Crippen LogP contribution in [0.4, 0.5) is 0 Å². The van der Waals surface area contributed by atoms with Crippen molar-refractivity contribution in [2.75, 3.05) is 78.5 Å². The molecule has 12 heteroatoms. The van der Waals surface area contributed by atoms with Crippen molar-refractivity contribution >= 4 is 46.3 Å². The Kier molecular flexibility index (Phi) is 15.8. The molecule has 67 heavy (non-hydrogen) atoms. The van der Waals surface area contributed by atoms with Crippen LogP contribution in [0.5, 0.6) is 0 Å². The summed E-state index contributed by atoms with van der Waals surface area (Å²) in [6.45, 7) is 9.43. The average Bonchev–Trinajstić information content (AvgIpc) is 4.04. The highest BCUT2D eigenvalue weighted by Gasteiger charge is 2.39. The summed E-state index contributed by atoms with van der Waals surface area (Å²) < 4.78 is 0. The van der Waals surface area contributed by atoms with Gasteiger partial charge in [0.05, 0.1) is 14.6 Å². The summed E-state index contributed by atoms with van der Waals surface area (Å²) in [6.07, 6.45) is 1.97. The molecule has 2 aromatic heterocycles. The highest BCUT2D eigenvalue weighted by Crippen LogP contribution is 2.26. The number of carbonyl (C=O) groups is 4. The molecule has 0 radical (unpaired) electrons. The van der Waals surface area contributed by atoms with Crippen LogP contribution in [0.2, 0.25) is 0 Å². The van der Waals surface area contributed by atoms with E-state index >= 15 is 0 Å². The molecule has 4 aliphatic rings. The summed E-state index contributed by atoms with van der Waals surface area (Å²) >= 11 is 3.08. The molecule has 4 saturated heterocycles. The number of rotatable bonds is 9. The van der Waals surface area contributed by atoms with E-state index in [0.717, 1.165) is 123 Å². The Balaban J connectivity index is 0.000000179. The van der Waals surface area contributed by atoms with Crippen LogP contribution >= 0.6 is 22.7 Å². The van der Waals surface area contributed by atoms with Gasteiger partial charge in [0.25, 0.3) is 23.6 Å². The van der Waals surface area contributed by atoms with Crippen LogP contribution < -0.4 is 0 Å². The van der Waals surface area contributed by atoms with Gasteiger partial charge in [0, 0.05) is 112 Å². The number of carbonyl (C=O) groups excluding carboxylic acids is 4. The largest absolute Gasteiger partial charge is 0.336 e. The fourth-order valence-electron chi connectivity index (χ4n) is 8.84. The lowest BCUT2D eigenvalue weighted by molar-refractivity contribution is 0.00832. The van der Waals surface area contributed by atoms with Gasteiger partial charge in [-0.1, -0.05) is 104 Å². The van der Waals surface area contributed by atoms with Crippen molar-refractivity contribution in [3.63, 3.8) is 0 Å². The van der Waals surface area contributed by atoms with Gasteiger partial charge in [-0.05, 0) is 79.1 Å². The predicted molar refractivity (Wildman–Crippen MR) is 269 cm³/mol. The number of piperazine rings is 2. The Morgan fingerprint density at radius 2 is 0.866 bits per heavy atom. The van der Waals surface area contributed by atoms with Gasteiger partial charge in [-0.25, -0.2) is 0 Å². The standard InChI is InChI=1S/C27H29N3O2S.C27H25N3O2S.CH4/c2*31-26(22-9-5-2-6-10-22)29-17-15-28(16-18-29)23-19-30(20-23)27(32)25-14-13-24(33-25)12-11-21-7-3-1-4-8-21;/h1-10,13-14,23H,11-12,15-20H2;1-10,13-14,23H,15-20H2;1H4. The molecule has 6 aromatic rings. The summed E-state index contributed by atoms with van der Waals surface area (Å²) in [5.41, 5.74) is 3.80. The molecule has 10 rings (SSSR count). The fourth-order valence-corrected chi connectivity index (χ4v) is 10.6. The van der Waals surface area contributed by atoms with E-state index in [-0.39, 0.29) is 31.1 Å². The zero-order chi connectivity index (χ0) is 45.2. The van der Waals surface area contributed by atoms with Crippen molar-refractivity contribution in [1.82, 2.24) is 29.4 Å². The van der Waals surface area contributed by atoms with Crippen molar-refractivity contribution in [1.29, 1.82) is 0 Å². The van der Waals surface area contributed by atoms with Gasteiger partial charge in [0.1, 0.15) is 0 Å². The Bertz CT molecular complexity index is 2640. The molecule has 0 aliphatic carbocycles. The van der Waals surface area contributed by atoms with Crippen LogP contribution in [0.15, 0.2) is 146 Å². The third kappa shape index (κ3) is 11.8. The zero-order valence-electron chi connectivity index (χ0n) is 37.0. The SMILES string of the molecule is C.O=C(c1ccccc1)N1CCN(C2CN(C(=O)c3ccc(C#Cc4ccccc4)s3)C2)CC1.O=C(c1ccccc1)N1CCN(C2CN(C(=O)c3ccc(CCc4ccccc4)s3)C2)CC1. The molecule has 0 N–H and O–H groups in total. The number of hydrogen-bond acceptors (Lipinski definition) is 8. The van der Waals surface area contributed by atoms with E-state index in [2.05, 4.69) is 52.0 Å². The number of likely N-dealkylation sites (tertiary alicyclic amines) is 2. The Labute approximate surface area is 403 Å². The summed E-state index contributed by atoms with van der Waals surface area (Å²) in [6, 6.07) is 47.9. The van der Waals surface area contributed by atoms with Gasteiger partial charge in [-0.3, -0.25) is 29.0 Å². The average molecular weight is 931 g/mol. The number of nitrogens with zero attached hydrogens (tertiary/aromatic N) is 6. The van der Waals surface area contributed by atoms with Crippen LogP contribution in [-0.2, 0) is 12.8 Å². The fraction of sp³-hybridized carbons (Fsp3) is 0.309. The monoisotopic (exact) mass is 930 g/mol. The normalized spacial score (nSPS) is 16.6. The van der Waals surface area contributed by atoms with Crippen LogP contribution in [0.1, 0.15) is 68.4 Å². The highest BCUT2D eigenvalue weighted by molar-refractivity contribution is 7.14. The number of thiophene rings is 2. The van der Waals surface area contributed by atoms with E-state index in [1.54, 1.807) is 11.3 Å². The summed E-state index contributed by atoms with van der Waals surface area (Å²) in [5.74, 6) is 6.75. The molecule has 0 saturated carbocycles. The van der Waals surface area contributed by atoms with Gasteiger partial charge < -0.3 is 19.6 Å². The van der Waals surface area contributed by atoms with E-state index in [9.17, 15) is 19.2 Å². The number of amides is 4. The lowest BCUT2D eigenvalue weighted by Crippen LogP contribution is -2.64. The minimum absolute atomic E-state index is 0. The van der Waals surface area contributed by atoms with Crippen molar-refractivity contribution in [3.05, 3.63) is 187 Å². The van der Waals surface area contributed by atoms with Gasteiger partial charge in [0.2, 0.25) is 0 Å². The van der Waals surface area contributed by atoms with E-state index in [0.29, 0.717) is 12.1 Å². The quantitative estimate of drug-likeness (QED) is 0.137. The molecule has 4 aliphatic heterocycles. The first-order valence-corrected chi connectivity index (χ1v) is 24.5. The topological polar surface area (TPSA) is 87.7 Å². The first kappa shape index (κ1) is 47.1. The van der Waals surface area contributed by atoms with E-state index in [4.69, 9.17) is 0 Å². The summed E-state index contributed by atoms with van der Waals surface area (Å²) in [7, 11) is 0. The first-order valence-electron chi connectivity index (χ1n) is 22.9. The minimum atomic E-state index is 0. The molecule has 4 aromatic carbocycles. The van der Waals surface area contributed by atoms with Crippen molar-refractivity contribution in [2.24, 2.45) is 0 Å². The molecule has 0 bridgehead atoms. The highest BCUT2D eigenvalue weighted by atomic mass is 32.1.